The van der Waals surface area contributed by atoms with Crippen LogP contribution in [0.5, 0.6) is 0 Å². The Morgan fingerprint density at radius 3 is 1.70 bits per heavy atom. The summed E-state index contributed by atoms with van der Waals surface area (Å²) in [6.45, 7) is 0. The highest BCUT2D eigenvalue weighted by Crippen LogP contribution is 2.13. The van der Waals surface area contributed by atoms with E-state index in [1.165, 1.54) is 0 Å². The first kappa shape index (κ1) is 20.1. The van der Waals surface area contributed by atoms with Crippen molar-refractivity contribution < 1.29 is 24.6 Å². The zero-order valence-electron chi connectivity index (χ0n) is 14.9. The predicted octanol–water partition coefficient (Wildman–Crippen LogP) is 4.16. The quantitative estimate of drug-likeness (QED) is 0.374. The molecule has 0 saturated heterocycles. The van der Waals surface area contributed by atoms with Crippen LogP contribution >= 0.6 is 0 Å². The van der Waals surface area contributed by atoms with Gasteiger partial charge in [0.2, 0.25) is 0 Å². The van der Waals surface area contributed by atoms with Crippen molar-refractivity contribution in [2.75, 3.05) is 0 Å². The smallest absolute Gasteiger partial charge is 0.335 e. The van der Waals surface area contributed by atoms with E-state index < -0.39 is 11.9 Å². The second kappa shape index (κ2) is 10.1. The van der Waals surface area contributed by atoms with E-state index in [1.807, 2.05) is 18.2 Å². The summed E-state index contributed by atoms with van der Waals surface area (Å²) >= 11 is 0. The van der Waals surface area contributed by atoms with Crippen LogP contribution in [0, 0.1) is 0 Å². The van der Waals surface area contributed by atoms with Gasteiger partial charge in [-0.1, -0.05) is 30.3 Å². The van der Waals surface area contributed by atoms with Crippen molar-refractivity contribution in [1.29, 1.82) is 0 Å². The maximum absolute atomic E-state index is 11.2. The Bertz CT molecular complexity index is 817. The number of carbonyl (C=O) groups excluding carboxylic acids is 1. The van der Waals surface area contributed by atoms with Gasteiger partial charge < -0.3 is 10.2 Å². The van der Waals surface area contributed by atoms with Crippen molar-refractivity contribution in [1.82, 2.24) is 0 Å². The van der Waals surface area contributed by atoms with E-state index in [9.17, 15) is 14.4 Å². The number of unbranched alkanes of at least 4 members (excludes halogenated alkanes) is 1. The van der Waals surface area contributed by atoms with Crippen molar-refractivity contribution in [3.8, 4) is 0 Å². The summed E-state index contributed by atoms with van der Waals surface area (Å²) in [6.07, 6.45) is 6.56. The average molecular weight is 366 g/mol. The van der Waals surface area contributed by atoms with E-state index >= 15 is 0 Å². The summed E-state index contributed by atoms with van der Waals surface area (Å²) in [5.74, 6) is -1.88. The zero-order valence-corrected chi connectivity index (χ0v) is 14.9. The van der Waals surface area contributed by atoms with Gasteiger partial charge in [-0.05, 0) is 73.1 Å². The molecule has 0 fully saturated rings. The third kappa shape index (κ3) is 6.55. The van der Waals surface area contributed by atoms with Gasteiger partial charge >= 0.3 is 11.9 Å². The molecule has 0 heterocycles. The van der Waals surface area contributed by atoms with Gasteiger partial charge in [-0.15, -0.1) is 0 Å². The molecule has 27 heavy (non-hydrogen) atoms. The Balaban J connectivity index is 1.79. The fourth-order valence-corrected chi connectivity index (χ4v) is 2.72. The normalized spacial score (nSPS) is 11.2. The fourth-order valence-electron chi connectivity index (χ4n) is 2.72. The van der Waals surface area contributed by atoms with Crippen LogP contribution in [0.3, 0.4) is 0 Å². The highest BCUT2D eigenvalue weighted by Gasteiger charge is 2.04. The van der Waals surface area contributed by atoms with Crippen molar-refractivity contribution in [3.05, 3.63) is 82.4 Å². The van der Waals surface area contributed by atoms with Crippen molar-refractivity contribution in [2.45, 2.75) is 32.1 Å². The molecule has 2 aromatic rings. The Morgan fingerprint density at radius 1 is 0.778 bits per heavy atom. The van der Waals surface area contributed by atoms with Crippen LogP contribution in [0.1, 0.15) is 51.1 Å². The summed E-state index contributed by atoms with van der Waals surface area (Å²) in [7, 11) is 0. The summed E-state index contributed by atoms with van der Waals surface area (Å²) in [4.78, 5) is 32.9. The highest BCUT2D eigenvalue weighted by atomic mass is 16.4. The largest absolute Gasteiger partial charge is 0.478 e. The molecular formula is C22H22O5. The maximum Gasteiger partial charge on any atom is 0.335 e. The van der Waals surface area contributed by atoms with Gasteiger partial charge in [-0.25, -0.2) is 9.59 Å². The minimum atomic E-state index is -0.951. The summed E-state index contributed by atoms with van der Waals surface area (Å²) in [5.41, 5.74) is 3.32. The third-order valence-corrected chi connectivity index (χ3v) is 4.33. The Labute approximate surface area is 158 Å². The second-order valence-corrected chi connectivity index (χ2v) is 6.29. The number of hydrogen-bond acceptors (Lipinski definition) is 3. The SMILES string of the molecule is O=C/C(=C/CCCc1ccc(C(=O)O)cc1)CCc1ccc(C(=O)O)cc1. The number of aldehydes is 1. The molecule has 0 unspecified atom stereocenters. The van der Waals surface area contributed by atoms with Gasteiger partial charge in [-0.2, -0.15) is 0 Å². The molecule has 0 atom stereocenters. The molecule has 2 aromatic carbocycles. The Hall–Kier alpha value is -3.21. The summed E-state index contributed by atoms with van der Waals surface area (Å²) in [6, 6.07) is 13.5. The van der Waals surface area contributed by atoms with E-state index in [2.05, 4.69) is 0 Å². The highest BCUT2D eigenvalue weighted by molar-refractivity contribution is 5.88. The fraction of sp³-hybridized carbons (Fsp3) is 0.227. The second-order valence-electron chi connectivity index (χ2n) is 6.29. The van der Waals surface area contributed by atoms with Crippen molar-refractivity contribution >= 4 is 18.2 Å². The van der Waals surface area contributed by atoms with Crippen LogP contribution < -0.4 is 0 Å². The molecule has 0 aliphatic rings. The number of hydrogen-bond donors (Lipinski definition) is 2. The number of benzene rings is 2. The van der Waals surface area contributed by atoms with Gasteiger partial charge in [-0.3, -0.25) is 4.79 Å². The molecule has 0 aliphatic heterocycles. The van der Waals surface area contributed by atoms with Crippen LogP contribution in [0.25, 0.3) is 0 Å². The molecule has 2 N–H and O–H groups in total. The first-order valence-electron chi connectivity index (χ1n) is 8.78. The minimum Gasteiger partial charge on any atom is -0.478 e. The molecule has 0 bridgehead atoms. The maximum atomic E-state index is 11.2. The van der Waals surface area contributed by atoms with Gasteiger partial charge in [0, 0.05) is 0 Å². The average Bonchev–Trinajstić information content (AvgIpc) is 2.68. The molecular weight excluding hydrogens is 344 g/mol. The number of rotatable bonds is 10. The summed E-state index contributed by atoms with van der Waals surface area (Å²) in [5, 5.41) is 17.8. The van der Waals surface area contributed by atoms with E-state index in [4.69, 9.17) is 10.2 Å². The summed E-state index contributed by atoms with van der Waals surface area (Å²) < 4.78 is 0. The molecule has 5 heteroatoms. The molecule has 0 aromatic heterocycles. The van der Waals surface area contributed by atoms with Gasteiger partial charge in [0.1, 0.15) is 6.29 Å². The molecule has 0 amide bonds. The number of carboxylic acid groups (broad SMARTS) is 2. The van der Waals surface area contributed by atoms with Gasteiger partial charge in [0.15, 0.2) is 0 Å². The standard InChI is InChI=1S/C22H22O5/c23-15-18(6-5-17-9-13-20(14-10-17)22(26)27)4-2-1-3-16-7-11-19(12-8-16)21(24)25/h4,7-15H,1-3,5-6H2,(H,24,25)(H,26,27)/b18-4+. The molecule has 0 aliphatic carbocycles. The van der Waals surface area contributed by atoms with Crippen molar-refractivity contribution in [3.63, 3.8) is 0 Å². The molecule has 140 valence electrons. The Morgan fingerprint density at radius 2 is 1.26 bits per heavy atom. The molecule has 5 nitrogen and oxygen atoms in total. The first-order chi connectivity index (χ1) is 13.0. The van der Waals surface area contributed by atoms with E-state index in [-0.39, 0.29) is 11.1 Å². The number of aryl methyl sites for hydroxylation is 2. The minimum absolute atomic E-state index is 0.251. The number of allylic oxidation sites excluding steroid dienone is 2. The van der Waals surface area contributed by atoms with Crippen molar-refractivity contribution in [2.24, 2.45) is 0 Å². The molecule has 0 saturated carbocycles. The predicted molar refractivity (Wildman–Crippen MR) is 102 cm³/mol. The number of carboxylic acids is 2. The van der Waals surface area contributed by atoms with E-state index in [1.54, 1.807) is 36.4 Å². The van der Waals surface area contributed by atoms with Crippen LogP contribution in [0.2, 0.25) is 0 Å². The monoisotopic (exact) mass is 366 g/mol. The van der Waals surface area contributed by atoms with Crippen LogP contribution in [0.4, 0.5) is 0 Å². The zero-order chi connectivity index (χ0) is 19.6. The molecule has 0 radical (unpaired) electrons. The first-order valence-corrected chi connectivity index (χ1v) is 8.78. The Kier molecular flexibility index (Phi) is 7.49. The third-order valence-electron chi connectivity index (χ3n) is 4.33. The van der Waals surface area contributed by atoms with Gasteiger partial charge in [0.05, 0.1) is 11.1 Å². The van der Waals surface area contributed by atoms with E-state index in [0.717, 1.165) is 42.2 Å². The molecule has 2 rings (SSSR count). The van der Waals surface area contributed by atoms with Crippen LogP contribution in [-0.4, -0.2) is 28.4 Å². The lowest BCUT2D eigenvalue weighted by Gasteiger charge is -2.04. The van der Waals surface area contributed by atoms with E-state index in [0.29, 0.717) is 12.8 Å². The topological polar surface area (TPSA) is 91.7 Å². The number of carbonyl (C=O) groups is 3. The lowest BCUT2D eigenvalue weighted by atomic mass is 10.0. The van der Waals surface area contributed by atoms with Gasteiger partial charge in [0.25, 0.3) is 0 Å². The van der Waals surface area contributed by atoms with Crippen LogP contribution in [0.15, 0.2) is 60.2 Å². The lowest BCUT2D eigenvalue weighted by molar-refractivity contribution is -0.105. The number of aromatic carboxylic acids is 2. The lowest BCUT2D eigenvalue weighted by Crippen LogP contribution is -1.97. The van der Waals surface area contributed by atoms with Crippen LogP contribution in [-0.2, 0) is 17.6 Å². The molecule has 0 spiro atoms.